The molecule has 0 radical (unpaired) electrons. The van der Waals surface area contributed by atoms with Gasteiger partial charge in [-0.3, -0.25) is 0 Å². The Kier molecular flexibility index (Phi) is 5.03. The first-order valence-electron chi connectivity index (χ1n) is 7.79. The number of benzene rings is 1. The Bertz CT molecular complexity index is 443. The molecule has 1 heterocycles. The Morgan fingerprint density at radius 1 is 1.20 bits per heavy atom. The van der Waals surface area contributed by atoms with Gasteiger partial charge in [-0.2, -0.15) is 0 Å². The molecule has 1 saturated heterocycles. The lowest BCUT2D eigenvalue weighted by molar-refractivity contribution is 0.351. The largest absolute Gasteiger partial charge is 0.371 e. The maximum absolute atomic E-state index is 14.1. The highest BCUT2D eigenvalue weighted by Crippen LogP contribution is 2.32. The summed E-state index contributed by atoms with van der Waals surface area (Å²) in [7, 11) is 0. The average Bonchev–Trinajstić information content (AvgIpc) is 2.63. The van der Waals surface area contributed by atoms with E-state index in [2.05, 4.69) is 18.7 Å². The van der Waals surface area contributed by atoms with E-state index in [0.717, 1.165) is 30.6 Å². The summed E-state index contributed by atoms with van der Waals surface area (Å²) in [6.07, 6.45) is 3.64. The maximum atomic E-state index is 14.1. The number of anilines is 1. The molecule has 2 unspecified atom stereocenters. The van der Waals surface area contributed by atoms with Crippen molar-refractivity contribution in [2.24, 2.45) is 17.6 Å². The topological polar surface area (TPSA) is 29.3 Å². The lowest BCUT2D eigenvalue weighted by Crippen LogP contribution is -2.27. The van der Waals surface area contributed by atoms with Crippen LogP contribution in [0.2, 0.25) is 0 Å². The first-order valence-corrected chi connectivity index (χ1v) is 7.79. The van der Waals surface area contributed by atoms with Crippen LogP contribution >= 0.6 is 0 Å². The number of rotatable bonds is 3. The highest BCUT2D eigenvalue weighted by Gasteiger charge is 2.22. The van der Waals surface area contributed by atoms with E-state index < -0.39 is 0 Å². The first-order chi connectivity index (χ1) is 9.50. The lowest BCUT2D eigenvalue weighted by Gasteiger charge is -2.27. The highest BCUT2D eigenvalue weighted by atomic mass is 19.1. The summed E-state index contributed by atoms with van der Waals surface area (Å²) in [5.74, 6) is 1.34. The molecule has 0 aliphatic carbocycles. The van der Waals surface area contributed by atoms with Gasteiger partial charge < -0.3 is 10.6 Å². The Labute approximate surface area is 122 Å². The van der Waals surface area contributed by atoms with E-state index >= 15 is 0 Å². The van der Waals surface area contributed by atoms with Crippen molar-refractivity contribution < 1.29 is 4.39 Å². The fourth-order valence-electron chi connectivity index (χ4n) is 3.28. The SMILES string of the molecule is CC(N)c1c(F)cccc1N1CCCC(C(C)C)CC1. The van der Waals surface area contributed by atoms with E-state index in [-0.39, 0.29) is 11.9 Å². The molecule has 1 aromatic carbocycles. The van der Waals surface area contributed by atoms with Gasteiger partial charge in [-0.05, 0) is 50.2 Å². The number of hydrogen-bond acceptors (Lipinski definition) is 2. The van der Waals surface area contributed by atoms with E-state index in [1.165, 1.54) is 25.3 Å². The molecule has 20 heavy (non-hydrogen) atoms. The van der Waals surface area contributed by atoms with E-state index in [0.29, 0.717) is 5.56 Å². The molecule has 2 rings (SSSR count). The van der Waals surface area contributed by atoms with Crippen molar-refractivity contribution in [3.05, 3.63) is 29.6 Å². The van der Waals surface area contributed by atoms with E-state index in [9.17, 15) is 4.39 Å². The third kappa shape index (κ3) is 3.32. The molecule has 1 aromatic rings. The fourth-order valence-corrected chi connectivity index (χ4v) is 3.28. The molecule has 2 nitrogen and oxygen atoms in total. The van der Waals surface area contributed by atoms with Crippen molar-refractivity contribution in [1.82, 2.24) is 0 Å². The van der Waals surface area contributed by atoms with Gasteiger partial charge in [0.15, 0.2) is 0 Å². The van der Waals surface area contributed by atoms with E-state index in [4.69, 9.17) is 5.73 Å². The third-order valence-electron chi connectivity index (χ3n) is 4.54. The van der Waals surface area contributed by atoms with Crippen LogP contribution in [0.4, 0.5) is 10.1 Å². The van der Waals surface area contributed by atoms with Gasteiger partial charge >= 0.3 is 0 Å². The van der Waals surface area contributed by atoms with Crippen LogP contribution in [-0.4, -0.2) is 13.1 Å². The van der Waals surface area contributed by atoms with Crippen molar-refractivity contribution in [3.8, 4) is 0 Å². The van der Waals surface area contributed by atoms with Gasteiger partial charge in [0.25, 0.3) is 0 Å². The predicted octanol–water partition coefficient (Wildman–Crippen LogP) is 4.11. The highest BCUT2D eigenvalue weighted by molar-refractivity contribution is 5.55. The number of hydrogen-bond donors (Lipinski definition) is 1. The van der Waals surface area contributed by atoms with E-state index in [1.807, 2.05) is 13.0 Å². The van der Waals surface area contributed by atoms with Crippen LogP contribution in [0.15, 0.2) is 18.2 Å². The molecule has 0 spiro atoms. The zero-order valence-electron chi connectivity index (χ0n) is 12.9. The molecule has 1 aliphatic heterocycles. The Morgan fingerprint density at radius 3 is 2.60 bits per heavy atom. The van der Waals surface area contributed by atoms with Crippen molar-refractivity contribution in [3.63, 3.8) is 0 Å². The van der Waals surface area contributed by atoms with Crippen molar-refractivity contribution >= 4 is 5.69 Å². The van der Waals surface area contributed by atoms with Gasteiger partial charge in [0.05, 0.1) is 0 Å². The molecule has 2 atom stereocenters. The zero-order valence-corrected chi connectivity index (χ0v) is 12.9. The van der Waals surface area contributed by atoms with Crippen molar-refractivity contribution in [2.45, 2.75) is 46.1 Å². The molecule has 0 saturated carbocycles. The lowest BCUT2D eigenvalue weighted by atomic mass is 9.89. The molecule has 1 aliphatic rings. The molecule has 2 N–H and O–H groups in total. The molecule has 0 aromatic heterocycles. The second-order valence-electron chi connectivity index (χ2n) is 6.38. The molecule has 3 heteroatoms. The van der Waals surface area contributed by atoms with Crippen LogP contribution in [-0.2, 0) is 0 Å². The smallest absolute Gasteiger partial charge is 0.130 e. The monoisotopic (exact) mass is 278 g/mol. The molecule has 0 amide bonds. The van der Waals surface area contributed by atoms with Gasteiger partial charge in [0.1, 0.15) is 5.82 Å². The Balaban J connectivity index is 2.22. The number of nitrogens with zero attached hydrogens (tertiary/aromatic N) is 1. The summed E-state index contributed by atoms with van der Waals surface area (Å²) >= 11 is 0. The van der Waals surface area contributed by atoms with Crippen LogP contribution in [0.5, 0.6) is 0 Å². The van der Waals surface area contributed by atoms with Crippen molar-refractivity contribution in [2.75, 3.05) is 18.0 Å². The Morgan fingerprint density at radius 2 is 1.95 bits per heavy atom. The predicted molar refractivity (Wildman–Crippen MR) is 83.4 cm³/mol. The van der Waals surface area contributed by atoms with Gasteiger partial charge in [-0.25, -0.2) is 4.39 Å². The summed E-state index contributed by atoms with van der Waals surface area (Å²) in [4.78, 5) is 2.32. The second-order valence-corrected chi connectivity index (χ2v) is 6.38. The summed E-state index contributed by atoms with van der Waals surface area (Å²) in [6, 6.07) is 5.05. The standard InChI is InChI=1S/C17H27FN2/c1-12(2)14-6-5-10-20(11-9-14)16-8-4-7-15(18)17(16)13(3)19/h4,7-8,12-14H,5-6,9-11,19H2,1-3H3. The molecular weight excluding hydrogens is 251 g/mol. The van der Waals surface area contributed by atoms with Crippen LogP contribution in [0.3, 0.4) is 0 Å². The molecule has 0 bridgehead atoms. The minimum atomic E-state index is -0.268. The minimum absolute atomic E-state index is 0.179. The van der Waals surface area contributed by atoms with Crippen LogP contribution in [0, 0.1) is 17.7 Å². The van der Waals surface area contributed by atoms with Crippen LogP contribution in [0.1, 0.15) is 51.6 Å². The van der Waals surface area contributed by atoms with Crippen LogP contribution in [0.25, 0.3) is 0 Å². The average molecular weight is 278 g/mol. The summed E-state index contributed by atoms with van der Waals surface area (Å²) < 4.78 is 14.1. The zero-order chi connectivity index (χ0) is 14.7. The quantitative estimate of drug-likeness (QED) is 0.901. The minimum Gasteiger partial charge on any atom is -0.371 e. The van der Waals surface area contributed by atoms with Gasteiger partial charge in [0.2, 0.25) is 0 Å². The summed E-state index contributed by atoms with van der Waals surface area (Å²) in [5.41, 5.74) is 7.62. The molecule has 112 valence electrons. The van der Waals surface area contributed by atoms with Crippen LogP contribution < -0.4 is 10.6 Å². The maximum Gasteiger partial charge on any atom is 0.130 e. The summed E-state index contributed by atoms with van der Waals surface area (Å²) in [5, 5.41) is 0. The second kappa shape index (κ2) is 6.57. The van der Waals surface area contributed by atoms with Gasteiger partial charge in [-0.15, -0.1) is 0 Å². The van der Waals surface area contributed by atoms with E-state index in [1.54, 1.807) is 6.07 Å². The third-order valence-corrected chi connectivity index (χ3v) is 4.54. The van der Waals surface area contributed by atoms with Crippen molar-refractivity contribution in [1.29, 1.82) is 0 Å². The Hall–Kier alpha value is -1.09. The first kappa shape index (κ1) is 15.3. The molecule has 1 fully saturated rings. The normalized spacial score (nSPS) is 21.9. The van der Waals surface area contributed by atoms with Gasteiger partial charge in [0, 0.05) is 30.4 Å². The molecular formula is C17H27FN2. The number of nitrogens with two attached hydrogens (primary N) is 1. The number of halogens is 1. The fraction of sp³-hybridized carbons (Fsp3) is 0.647. The summed E-state index contributed by atoms with van der Waals surface area (Å²) in [6.45, 7) is 8.47. The van der Waals surface area contributed by atoms with Gasteiger partial charge in [-0.1, -0.05) is 19.9 Å².